The van der Waals surface area contributed by atoms with Crippen molar-refractivity contribution in [2.45, 2.75) is 45.3 Å². The lowest BCUT2D eigenvalue weighted by atomic mass is 10.0. The third-order valence-corrected chi connectivity index (χ3v) is 7.06. The number of halogens is 1. The van der Waals surface area contributed by atoms with Crippen molar-refractivity contribution in [1.82, 2.24) is 20.0 Å². The fourth-order valence-electron chi connectivity index (χ4n) is 4.68. The van der Waals surface area contributed by atoms with Gasteiger partial charge in [-0.1, -0.05) is 84.4 Å². The van der Waals surface area contributed by atoms with Crippen LogP contribution in [0.1, 0.15) is 67.7 Å². The van der Waals surface area contributed by atoms with E-state index in [0.29, 0.717) is 21.8 Å². The smallest absolute Gasteiger partial charge is 0.109 e. The van der Waals surface area contributed by atoms with E-state index in [1.807, 2.05) is 59.4 Å². The Kier molecular flexibility index (Phi) is 7.76. The molecular weight excluding hydrogens is 506 g/mol. The first-order valence-electron chi connectivity index (χ1n) is 13.1. The summed E-state index contributed by atoms with van der Waals surface area (Å²) in [6, 6.07) is 26.4. The van der Waals surface area contributed by atoms with E-state index in [-0.39, 0.29) is 18.1 Å². The molecule has 2 heterocycles. The molecule has 0 amide bonds. The molecule has 0 unspecified atom stereocenters. The number of aromatic nitrogens is 4. The monoisotopic (exact) mass is 535 g/mol. The average Bonchev–Trinajstić information content (AvgIpc) is 3.46. The number of nitrogens with zero attached hydrogens (tertiary/aromatic N) is 5. The minimum Gasteiger partial charge on any atom is -0.377 e. The van der Waals surface area contributed by atoms with E-state index in [9.17, 15) is 5.26 Å². The van der Waals surface area contributed by atoms with Gasteiger partial charge in [-0.15, -0.1) is 5.10 Å². The zero-order valence-corrected chi connectivity index (χ0v) is 22.9. The van der Waals surface area contributed by atoms with Crippen molar-refractivity contribution in [2.75, 3.05) is 10.6 Å². The molecule has 0 bridgehead atoms. The van der Waals surface area contributed by atoms with E-state index in [2.05, 4.69) is 77.0 Å². The van der Waals surface area contributed by atoms with Gasteiger partial charge in [0.2, 0.25) is 0 Å². The van der Waals surface area contributed by atoms with Gasteiger partial charge in [0.1, 0.15) is 11.8 Å². The molecule has 7 nitrogen and oxygen atoms in total. The summed E-state index contributed by atoms with van der Waals surface area (Å²) in [5.41, 5.74) is 5.58. The standard InChI is InChI=1S/C31H30ClN7/c1-4-27(21-11-7-5-8-12-21)36-29-23(17-33)18-34-31-25(29)15-24(16-26(31)32)35-30(22-13-9-6-10-14-22)28-19-39(20(2)3)38-37-28/h5-16,18-20,27,30,35H,4H2,1-3H3,(H,34,36)/t27-,30+/m1/s1. The summed E-state index contributed by atoms with van der Waals surface area (Å²) in [4.78, 5) is 4.53. The molecule has 8 heteroatoms. The number of hydrogen-bond donors (Lipinski definition) is 2. The number of rotatable bonds is 9. The SMILES string of the molecule is CC[C@@H](Nc1c(C#N)cnc2c(Cl)cc(N[C@@H](c3ccccc3)c3cn(C(C)C)nn3)cc12)c1ccccc1. The topological polar surface area (TPSA) is 91.5 Å². The zero-order chi connectivity index (χ0) is 27.4. The molecule has 0 spiro atoms. The number of benzene rings is 3. The maximum Gasteiger partial charge on any atom is 0.109 e. The number of anilines is 2. The van der Waals surface area contributed by atoms with E-state index < -0.39 is 0 Å². The van der Waals surface area contributed by atoms with Gasteiger partial charge in [-0.25, -0.2) is 4.68 Å². The van der Waals surface area contributed by atoms with Gasteiger partial charge in [0.25, 0.3) is 0 Å². The van der Waals surface area contributed by atoms with Gasteiger partial charge < -0.3 is 10.6 Å². The Morgan fingerprint density at radius 3 is 2.28 bits per heavy atom. The van der Waals surface area contributed by atoms with Gasteiger partial charge in [0, 0.05) is 23.3 Å². The fourth-order valence-corrected chi connectivity index (χ4v) is 4.95. The summed E-state index contributed by atoms with van der Waals surface area (Å²) in [5, 5.41) is 27.3. The number of fused-ring (bicyclic) bond motifs is 1. The number of hydrogen-bond acceptors (Lipinski definition) is 6. The third-order valence-electron chi connectivity index (χ3n) is 6.77. The van der Waals surface area contributed by atoms with Crippen LogP contribution in [0.5, 0.6) is 0 Å². The van der Waals surface area contributed by atoms with E-state index in [1.54, 1.807) is 6.20 Å². The summed E-state index contributed by atoms with van der Waals surface area (Å²) in [7, 11) is 0. The van der Waals surface area contributed by atoms with Crippen LogP contribution in [0.15, 0.2) is 85.2 Å². The Morgan fingerprint density at radius 1 is 0.974 bits per heavy atom. The van der Waals surface area contributed by atoms with E-state index in [1.165, 1.54) is 0 Å². The Hall–Kier alpha value is -4.41. The summed E-state index contributed by atoms with van der Waals surface area (Å²) >= 11 is 6.79. The minimum absolute atomic E-state index is 0.0161. The highest BCUT2D eigenvalue weighted by Crippen LogP contribution is 2.37. The molecule has 196 valence electrons. The Balaban J connectivity index is 1.59. The predicted octanol–water partition coefficient (Wildman–Crippen LogP) is 7.70. The summed E-state index contributed by atoms with van der Waals surface area (Å²) in [6.45, 7) is 6.26. The lowest BCUT2D eigenvalue weighted by Crippen LogP contribution is -2.14. The first-order chi connectivity index (χ1) is 19.0. The number of nitriles is 1. The zero-order valence-electron chi connectivity index (χ0n) is 22.1. The second-order valence-electron chi connectivity index (χ2n) is 9.73. The van der Waals surface area contributed by atoms with Crippen molar-refractivity contribution in [1.29, 1.82) is 5.26 Å². The molecule has 2 N–H and O–H groups in total. The van der Waals surface area contributed by atoms with Crippen molar-refractivity contribution in [3.63, 3.8) is 0 Å². The molecule has 0 saturated heterocycles. The van der Waals surface area contributed by atoms with Crippen LogP contribution in [-0.2, 0) is 0 Å². The van der Waals surface area contributed by atoms with Crippen LogP contribution in [0.2, 0.25) is 5.02 Å². The lowest BCUT2D eigenvalue weighted by Gasteiger charge is -2.22. The second-order valence-corrected chi connectivity index (χ2v) is 10.1. The van der Waals surface area contributed by atoms with Crippen molar-refractivity contribution in [2.24, 2.45) is 0 Å². The third kappa shape index (κ3) is 5.57. The molecule has 0 fully saturated rings. The van der Waals surface area contributed by atoms with Gasteiger partial charge >= 0.3 is 0 Å². The average molecular weight is 536 g/mol. The molecule has 0 saturated carbocycles. The predicted molar refractivity (Wildman–Crippen MR) is 157 cm³/mol. The van der Waals surface area contributed by atoms with Crippen LogP contribution in [0, 0.1) is 11.3 Å². The second kappa shape index (κ2) is 11.5. The number of nitrogens with one attached hydrogen (secondary N) is 2. The molecule has 3 aromatic carbocycles. The van der Waals surface area contributed by atoms with Crippen LogP contribution >= 0.6 is 11.6 Å². The highest BCUT2D eigenvalue weighted by Gasteiger charge is 2.21. The van der Waals surface area contributed by atoms with Crippen molar-refractivity contribution in [3.8, 4) is 6.07 Å². The molecule has 5 aromatic rings. The highest BCUT2D eigenvalue weighted by molar-refractivity contribution is 6.35. The van der Waals surface area contributed by atoms with Crippen molar-refractivity contribution in [3.05, 3.63) is 113 Å². The molecule has 0 aliphatic carbocycles. The number of pyridine rings is 1. The van der Waals surface area contributed by atoms with E-state index in [4.69, 9.17) is 11.6 Å². The molecule has 5 rings (SSSR count). The Morgan fingerprint density at radius 2 is 1.67 bits per heavy atom. The summed E-state index contributed by atoms with van der Waals surface area (Å²) in [6.07, 6.45) is 4.39. The minimum atomic E-state index is -0.261. The van der Waals surface area contributed by atoms with Crippen LogP contribution in [0.25, 0.3) is 10.9 Å². The quantitative estimate of drug-likeness (QED) is 0.201. The first-order valence-corrected chi connectivity index (χ1v) is 13.4. The van der Waals surface area contributed by atoms with Crippen LogP contribution in [0.4, 0.5) is 11.4 Å². The van der Waals surface area contributed by atoms with Crippen LogP contribution < -0.4 is 10.6 Å². The molecule has 0 aliphatic rings. The molecule has 39 heavy (non-hydrogen) atoms. The van der Waals surface area contributed by atoms with Gasteiger partial charge in [-0.2, -0.15) is 5.26 Å². The lowest BCUT2D eigenvalue weighted by molar-refractivity contribution is 0.514. The molecule has 0 radical (unpaired) electrons. The van der Waals surface area contributed by atoms with Gasteiger partial charge in [-0.05, 0) is 43.5 Å². The molecule has 0 aliphatic heterocycles. The Bertz CT molecular complexity index is 1610. The van der Waals surface area contributed by atoms with Gasteiger partial charge in [-0.3, -0.25) is 4.98 Å². The maximum atomic E-state index is 9.97. The fraction of sp³-hybridized carbons (Fsp3) is 0.226. The van der Waals surface area contributed by atoms with Gasteiger partial charge in [0.15, 0.2) is 0 Å². The maximum absolute atomic E-state index is 9.97. The van der Waals surface area contributed by atoms with Crippen molar-refractivity contribution >= 4 is 33.9 Å². The largest absolute Gasteiger partial charge is 0.377 e. The Labute approximate surface area is 233 Å². The van der Waals surface area contributed by atoms with Gasteiger partial charge in [0.05, 0.1) is 40.1 Å². The van der Waals surface area contributed by atoms with Crippen LogP contribution in [0.3, 0.4) is 0 Å². The van der Waals surface area contributed by atoms with E-state index in [0.717, 1.165) is 34.3 Å². The first kappa shape index (κ1) is 26.2. The van der Waals surface area contributed by atoms with Crippen molar-refractivity contribution < 1.29 is 0 Å². The van der Waals surface area contributed by atoms with E-state index >= 15 is 0 Å². The molecule has 2 aromatic heterocycles. The molecule has 2 atom stereocenters. The molecular formula is C31H30ClN7. The normalized spacial score (nSPS) is 12.7. The highest BCUT2D eigenvalue weighted by atomic mass is 35.5. The summed E-state index contributed by atoms with van der Waals surface area (Å²) in [5.74, 6) is 0. The van der Waals surface area contributed by atoms with Crippen LogP contribution in [-0.4, -0.2) is 20.0 Å². The summed E-state index contributed by atoms with van der Waals surface area (Å²) < 4.78 is 1.85.